The van der Waals surface area contributed by atoms with Crippen LogP contribution in [0.5, 0.6) is 0 Å². The first-order valence-electron chi connectivity index (χ1n) is 14.8. The number of aliphatic hydroxyl groups is 1. The number of hydrogen-bond donors (Lipinski definition) is 1. The van der Waals surface area contributed by atoms with Gasteiger partial charge >= 0.3 is 0 Å². The van der Waals surface area contributed by atoms with Gasteiger partial charge in [0, 0.05) is 0 Å². The Kier molecular flexibility index (Phi) is 12.3. The van der Waals surface area contributed by atoms with Crippen LogP contribution in [-0.2, 0) is 54.8 Å². The minimum Gasteiger partial charge on any atom is -0.388 e. The molecular formula is C36H40O7. The average molecular weight is 585 g/mol. The summed E-state index contributed by atoms with van der Waals surface area (Å²) in [7, 11) is 0. The highest BCUT2D eigenvalue weighted by atomic mass is 16.7. The summed E-state index contributed by atoms with van der Waals surface area (Å²) >= 11 is 0. The molecule has 4 aromatic carbocycles. The van der Waals surface area contributed by atoms with Crippen molar-refractivity contribution in [1.82, 2.24) is 0 Å². The Morgan fingerprint density at radius 2 is 0.930 bits per heavy atom. The van der Waals surface area contributed by atoms with E-state index in [1.54, 1.807) is 0 Å². The molecule has 1 fully saturated rings. The lowest BCUT2D eigenvalue weighted by atomic mass is 10.0. The maximum atomic E-state index is 11.6. The highest BCUT2D eigenvalue weighted by Gasteiger charge is 2.43. The van der Waals surface area contributed by atoms with E-state index in [-0.39, 0.29) is 19.8 Å². The van der Waals surface area contributed by atoms with Gasteiger partial charge in [-0.15, -0.1) is 0 Å². The molecule has 0 radical (unpaired) electrons. The smallest absolute Gasteiger partial charge is 0.186 e. The summed E-state index contributed by atoms with van der Waals surface area (Å²) in [6.45, 7) is 2.15. The van der Waals surface area contributed by atoms with Gasteiger partial charge in [0.25, 0.3) is 0 Å². The lowest BCUT2D eigenvalue weighted by Crippen LogP contribution is -2.54. The maximum Gasteiger partial charge on any atom is 0.186 e. The summed E-state index contributed by atoms with van der Waals surface area (Å²) in [5, 5.41) is 11.6. The van der Waals surface area contributed by atoms with E-state index in [0.29, 0.717) is 26.4 Å². The molecule has 1 N–H and O–H groups in total. The standard InChI is InChI=1S/C36H40O7/c37-32(27-38-23-28-13-5-1-6-14-28)33(41-24-29-15-7-2-8-16-29)34(42-25-30-17-9-3-10-18-30)35(36-39-21-22-40-36)43-26-31-19-11-4-12-20-31/h1-20,32-37H,21-27H2. The Morgan fingerprint density at radius 1 is 0.535 bits per heavy atom. The minimum absolute atomic E-state index is 0.0390. The van der Waals surface area contributed by atoms with Crippen molar-refractivity contribution in [3.05, 3.63) is 144 Å². The Bertz CT molecular complexity index is 1280. The third-order valence-corrected chi connectivity index (χ3v) is 7.20. The molecule has 0 aromatic heterocycles. The highest BCUT2D eigenvalue weighted by molar-refractivity contribution is 5.16. The molecule has 5 rings (SSSR count). The van der Waals surface area contributed by atoms with Crippen LogP contribution in [0.4, 0.5) is 0 Å². The van der Waals surface area contributed by atoms with Crippen LogP contribution in [0, 0.1) is 0 Å². The molecular weight excluding hydrogens is 544 g/mol. The Hall–Kier alpha value is -3.40. The zero-order valence-corrected chi connectivity index (χ0v) is 24.3. The lowest BCUT2D eigenvalue weighted by Gasteiger charge is -2.37. The van der Waals surface area contributed by atoms with Gasteiger partial charge in [-0.05, 0) is 22.3 Å². The first-order valence-corrected chi connectivity index (χ1v) is 14.8. The molecule has 4 atom stereocenters. The fourth-order valence-electron chi connectivity index (χ4n) is 4.96. The van der Waals surface area contributed by atoms with Crippen LogP contribution in [0.15, 0.2) is 121 Å². The summed E-state index contributed by atoms with van der Waals surface area (Å²) in [5.74, 6) is 0. The quantitative estimate of drug-likeness (QED) is 0.171. The van der Waals surface area contributed by atoms with Crippen molar-refractivity contribution in [3.8, 4) is 0 Å². The van der Waals surface area contributed by atoms with Crippen LogP contribution in [-0.4, -0.2) is 55.6 Å². The summed E-state index contributed by atoms with van der Waals surface area (Å²) in [5.41, 5.74) is 3.98. The molecule has 7 nitrogen and oxygen atoms in total. The monoisotopic (exact) mass is 584 g/mol. The molecule has 0 saturated carbocycles. The van der Waals surface area contributed by atoms with Crippen molar-refractivity contribution in [2.75, 3.05) is 19.8 Å². The van der Waals surface area contributed by atoms with E-state index >= 15 is 0 Å². The van der Waals surface area contributed by atoms with E-state index in [2.05, 4.69) is 0 Å². The maximum absolute atomic E-state index is 11.6. The molecule has 0 spiro atoms. The van der Waals surface area contributed by atoms with Crippen molar-refractivity contribution in [2.24, 2.45) is 0 Å². The second-order valence-corrected chi connectivity index (χ2v) is 10.5. The third-order valence-electron chi connectivity index (χ3n) is 7.20. The van der Waals surface area contributed by atoms with E-state index in [0.717, 1.165) is 22.3 Å². The van der Waals surface area contributed by atoms with E-state index in [9.17, 15) is 5.11 Å². The topological polar surface area (TPSA) is 75.6 Å². The molecule has 0 aliphatic carbocycles. The van der Waals surface area contributed by atoms with E-state index in [4.69, 9.17) is 28.4 Å². The largest absolute Gasteiger partial charge is 0.388 e. The normalized spacial score (nSPS) is 16.5. The fraction of sp³-hybridized carbons (Fsp3) is 0.333. The van der Waals surface area contributed by atoms with Gasteiger partial charge < -0.3 is 33.5 Å². The second-order valence-electron chi connectivity index (χ2n) is 10.5. The molecule has 7 heteroatoms. The van der Waals surface area contributed by atoms with E-state index < -0.39 is 30.7 Å². The van der Waals surface area contributed by atoms with Crippen LogP contribution in [0.1, 0.15) is 22.3 Å². The number of hydrogen-bond acceptors (Lipinski definition) is 7. The molecule has 43 heavy (non-hydrogen) atoms. The lowest BCUT2D eigenvalue weighted by molar-refractivity contribution is -0.236. The number of aliphatic hydroxyl groups excluding tert-OH is 1. The van der Waals surface area contributed by atoms with Gasteiger partial charge in [-0.1, -0.05) is 121 Å². The first-order chi connectivity index (χ1) is 21.3. The van der Waals surface area contributed by atoms with Gasteiger partial charge in [0.1, 0.15) is 24.4 Å². The minimum atomic E-state index is -1.03. The predicted molar refractivity (Wildman–Crippen MR) is 163 cm³/mol. The fourth-order valence-corrected chi connectivity index (χ4v) is 4.96. The van der Waals surface area contributed by atoms with E-state index in [1.807, 2.05) is 121 Å². The van der Waals surface area contributed by atoms with Crippen LogP contribution in [0.3, 0.4) is 0 Å². The average Bonchev–Trinajstić information content (AvgIpc) is 3.60. The summed E-state index contributed by atoms with van der Waals surface area (Å²) in [6, 6.07) is 39.5. The number of benzene rings is 4. The van der Waals surface area contributed by atoms with Gasteiger partial charge in [-0.25, -0.2) is 0 Å². The Morgan fingerprint density at radius 3 is 1.40 bits per heavy atom. The molecule has 1 saturated heterocycles. The van der Waals surface area contributed by atoms with E-state index in [1.165, 1.54) is 0 Å². The molecule has 4 unspecified atom stereocenters. The highest BCUT2D eigenvalue weighted by Crippen LogP contribution is 2.26. The molecule has 4 aromatic rings. The second kappa shape index (κ2) is 17.0. The van der Waals surface area contributed by atoms with Crippen molar-refractivity contribution in [1.29, 1.82) is 0 Å². The van der Waals surface area contributed by atoms with Crippen LogP contribution in [0.2, 0.25) is 0 Å². The van der Waals surface area contributed by atoms with Gasteiger partial charge in [0.05, 0.1) is 46.2 Å². The zero-order valence-electron chi connectivity index (χ0n) is 24.3. The zero-order chi connectivity index (χ0) is 29.5. The van der Waals surface area contributed by atoms with Gasteiger partial charge in [0.2, 0.25) is 0 Å². The van der Waals surface area contributed by atoms with Crippen molar-refractivity contribution in [3.63, 3.8) is 0 Å². The molecule has 226 valence electrons. The van der Waals surface area contributed by atoms with Gasteiger partial charge in [0.15, 0.2) is 6.29 Å². The summed E-state index contributed by atoms with van der Waals surface area (Å²) < 4.78 is 37.5. The number of ether oxygens (including phenoxy) is 6. The molecule has 1 aliphatic rings. The van der Waals surface area contributed by atoms with Crippen LogP contribution < -0.4 is 0 Å². The number of rotatable bonds is 17. The summed E-state index contributed by atoms with van der Waals surface area (Å²) in [4.78, 5) is 0. The third kappa shape index (κ3) is 9.81. The van der Waals surface area contributed by atoms with Gasteiger partial charge in [-0.2, -0.15) is 0 Å². The first kappa shape index (κ1) is 31.0. The molecule has 0 bridgehead atoms. The molecule has 1 aliphatic heterocycles. The summed E-state index contributed by atoms with van der Waals surface area (Å²) in [6.07, 6.45) is -4.00. The molecule has 0 amide bonds. The molecule has 1 heterocycles. The van der Waals surface area contributed by atoms with Crippen molar-refractivity contribution < 1.29 is 33.5 Å². The SMILES string of the molecule is OC(COCc1ccccc1)C(OCc1ccccc1)C(OCc1ccccc1)C(OCc1ccccc1)C1OCCO1. The Labute approximate surface area is 253 Å². The Balaban J connectivity index is 1.40. The van der Waals surface area contributed by atoms with Crippen molar-refractivity contribution in [2.45, 2.75) is 57.1 Å². The predicted octanol–water partition coefficient (Wildman–Crippen LogP) is 5.69. The van der Waals surface area contributed by atoms with Gasteiger partial charge in [-0.3, -0.25) is 0 Å². The van der Waals surface area contributed by atoms with Crippen LogP contribution >= 0.6 is 0 Å². The van der Waals surface area contributed by atoms with Crippen molar-refractivity contribution >= 4 is 0 Å². The van der Waals surface area contributed by atoms with Crippen LogP contribution in [0.25, 0.3) is 0 Å².